The van der Waals surface area contributed by atoms with E-state index in [9.17, 15) is 13.6 Å². The fourth-order valence-corrected chi connectivity index (χ4v) is 2.01. The van der Waals surface area contributed by atoms with Crippen molar-refractivity contribution in [1.82, 2.24) is 14.5 Å². The Kier molecular flexibility index (Phi) is 4.31. The zero-order valence-electron chi connectivity index (χ0n) is 10.4. The van der Waals surface area contributed by atoms with Crippen molar-refractivity contribution >= 4 is 11.9 Å². The smallest absolute Gasteiger partial charge is 0.274 e. The maximum atomic E-state index is 12.4. The van der Waals surface area contributed by atoms with Crippen molar-refractivity contribution in [3.63, 3.8) is 0 Å². The highest BCUT2D eigenvalue weighted by Gasteiger charge is 2.23. The Hall–Kier alpha value is -1.70. The minimum atomic E-state index is -2.63. The SMILES string of the molecule is O=C(c1cn2c(n1)NCCC2)N(CCO)CC(F)F. The molecule has 0 saturated carbocycles. The molecule has 0 atom stereocenters. The molecule has 0 radical (unpaired) electrons. The maximum Gasteiger partial charge on any atom is 0.274 e. The van der Waals surface area contributed by atoms with Crippen molar-refractivity contribution in [1.29, 1.82) is 0 Å². The summed E-state index contributed by atoms with van der Waals surface area (Å²) in [5.41, 5.74) is 0.124. The maximum absolute atomic E-state index is 12.4. The van der Waals surface area contributed by atoms with Crippen LogP contribution in [-0.4, -0.2) is 58.1 Å². The van der Waals surface area contributed by atoms with Gasteiger partial charge in [0.1, 0.15) is 5.69 Å². The number of aryl methyl sites for hydroxylation is 1. The number of nitrogens with zero attached hydrogens (tertiary/aromatic N) is 3. The number of halogens is 2. The summed E-state index contributed by atoms with van der Waals surface area (Å²) < 4.78 is 26.6. The fraction of sp³-hybridized carbons (Fsp3) is 0.636. The van der Waals surface area contributed by atoms with E-state index in [1.807, 2.05) is 0 Å². The molecule has 0 fully saturated rings. The third-order valence-corrected chi connectivity index (χ3v) is 2.87. The van der Waals surface area contributed by atoms with E-state index in [0.717, 1.165) is 24.4 Å². The number of hydrogen-bond donors (Lipinski definition) is 2. The Bertz CT molecular complexity index is 426. The van der Waals surface area contributed by atoms with Gasteiger partial charge in [-0.25, -0.2) is 13.8 Å². The molecule has 2 rings (SSSR count). The van der Waals surface area contributed by atoms with Crippen LogP contribution in [0.2, 0.25) is 0 Å². The van der Waals surface area contributed by atoms with Gasteiger partial charge in [-0.05, 0) is 6.42 Å². The predicted octanol–water partition coefficient (Wildman–Crippen LogP) is 0.398. The first-order valence-corrected chi connectivity index (χ1v) is 6.11. The highest BCUT2D eigenvalue weighted by Crippen LogP contribution is 2.15. The molecule has 0 aliphatic carbocycles. The lowest BCUT2D eigenvalue weighted by Crippen LogP contribution is -2.37. The Balaban J connectivity index is 2.13. The molecule has 19 heavy (non-hydrogen) atoms. The van der Waals surface area contributed by atoms with E-state index in [1.54, 1.807) is 10.8 Å². The summed E-state index contributed by atoms with van der Waals surface area (Å²) in [4.78, 5) is 17.1. The molecule has 0 saturated heterocycles. The molecule has 0 aromatic carbocycles. The van der Waals surface area contributed by atoms with Crippen LogP contribution in [0.25, 0.3) is 0 Å². The quantitative estimate of drug-likeness (QED) is 0.815. The van der Waals surface area contributed by atoms with E-state index in [4.69, 9.17) is 5.11 Å². The Morgan fingerprint density at radius 1 is 1.63 bits per heavy atom. The molecule has 0 unspecified atom stereocenters. The van der Waals surface area contributed by atoms with E-state index in [2.05, 4.69) is 10.3 Å². The minimum Gasteiger partial charge on any atom is -0.395 e. The summed E-state index contributed by atoms with van der Waals surface area (Å²) in [6, 6.07) is 0. The summed E-state index contributed by atoms with van der Waals surface area (Å²) in [5, 5.41) is 11.9. The van der Waals surface area contributed by atoms with E-state index < -0.39 is 18.9 Å². The fourth-order valence-electron chi connectivity index (χ4n) is 2.01. The van der Waals surface area contributed by atoms with Crippen LogP contribution in [0.5, 0.6) is 0 Å². The molecule has 1 aliphatic heterocycles. The number of amides is 1. The predicted molar refractivity (Wildman–Crippen MR) is 64.3 cm³/mol. The Morgan fingerprint density at radius 3 is 3.05 bits per heavy atom. The van der Waals surface area contributed by atoms with Gasteiger partial charge in [-0.1, -0.05) is 0 Å². The second-order valence-corrected chi connectivity index (χ2v) is 4.29. The van der Waals surface area contributed by atoms with Crippen LogP contribution in [0.15, 0.2) is 6.20 Å². The molecule has 6 nitrogen and oxygen atoms in total. The molecule has 106 valence electrons. The molecule has 0 spiro atoms. The topological polar surface area (TPSA) is 70.4 Å². The number of aliphatic hydroxyl groups excluding tert-OH is 1. The van der Waals surface area contributed by atoms with Gasteiger partial charge in [0.25, 0.3) is 12.3 Å². The van der Waals surface area contributed by atoms with Gasteiger partial charge in [0.15, 0.2) is 0 Å². The molecule has 1 aliphatic rings. The lowest BCUT2D eigenvalue weighted by atomic mass is 10.3. The summed E-state index contributed by atoms with van der Waals surface area (Å²) in [5.74, 6) is -0.00588. The summed E-state index contributed by atoms with van der Waals surface area (Å²) in [6.45, 7) is 0.345. The van der Waals surface area contributed by atoms with Crippen molar-refractivity contribution in [2.24, 2.45) is 0 Å². The second kappa shape index (κ2) is 5.96. The molecule has 1 amide bonds. The number of alkyl halides is 2. The zero-order valence-corrected chi connectivity index (χ0v) is 10.4. The average Bonchev–Trinajstić information content (AvgIpc) is 2.80. The lowest BCUT2D eigenvalue weighted by Gasteiger charge is -2.19. The third kappa shape index (κ3) is 3.19. The van der Waals surface area contributed by atoms with Gasteiger partial charge >= 0.3 is 0 Å². The Morgan fingerprint density at radius 2 is 2.42 bits per heavy atom. The number of rotatable bonds is 5. The molecule has 1 aromatic heterocycles. The number of aromatic nitrogens is 2. The van der Waals surface area contributed by atoms with E-state index in [1.165, 1.54) is 0 Å². The van der Waals surface area contributed by atoms with Crippen LogP contribution in [0, 0.1) is 0 Å². The molecule has 2 N–H and O–H groups in total. The van der Waals surface area contributed by atoms with Crippen LogP contribution < -0.4 is 5.32 Å². The van der Waals surface area contributed by atoms with Crippen LogP contribution in [0.3, 0.4) is 0 Å². The largest absolute Gasteiger partial charge is 0.395 e. The van der Waals surface area contributed by atoms with Gasteiger partial charge in [0.2, 0.25) is 5.95 Å². The number of carbonyl (C=O) groups is 1. The number of aliphatic hydroxyl groups is 1. The van der Waals surface area contributed by atoms with Crippen molar-refractivity contribution < 1.29 is 18.7 Å². The van der Waals surface area contributed by atoms with Crippen molar-refractivity contribution in [3.05, 3.63) is 11.9 Å². The highest BCUT2D eigenvalue weighted by molar-refractivity contribution is 5.92. The van der Waals surface area contributed by atoms with E-state index >= 15 is 0 Å². The number of nitrogens with one attached hydrogen (secondary N) is 1. The first kappa shape index (κ1) is 13.7. The van der Waals surface area contributed by atoms with Crippen LogP contribution in [0.4, 0.5) is 14.7 Å². The van der Waals surface area contributed by atoms with E-state index in [-0.39, 0.29) is 18.8 Å². The highest BCUT2D eigenvalue weighted by atomic mass is 19.3. The Labute approximate surface area is 109 Å². The number of anilines is 1. The van der Waals surface area contributed by atoms with Crippen LogP contribution in [-0.2, 0) is 6.54 Å². The van der Waals surface area contributed by atoms with Crippen LogP contribution >= 0.6 is 0 Å². The van der Waals surface area contributed by atoms with Crippen LogP contribution in [0.1, 0.15) is 16.9 Å². The normalized spacial score (nSPS) is 14.1. The number of imidazole rings is 1. The van der Waals surface area contributed by atoms with Crippen molar-refractivity contribution in [3.8, 4) is 0 Å². The van der Waals surface area contributed by atoms with Crippen molar-refractivity contribution in [2.75, 3.05) is 31.6 Å². The summed E-state index contributed by atoms with van der Waals surface area (Å²) in [7, 11) is 0. The second-order valence-electron chi connectivity index (χ2n) is 4.29. The first-order valence-electron chi connectivity index (χ1n) is 6.11. The standard InChI is InChI=1S/C11H16F2N4O2/c12-9(13)7-16(4-5-18)10(19)8-6-17-3-1-2-14-11(17)15-8/h6,9,18H,1-5,7H2,(H,14,15). The molecule has 8 heteroatoms. The summed E-state index contributed by atoms with van der Waals surface area (Å²) >= 11 is 0. The number of fused-ring (bicyclic) bond motifs is 1. The first-order chi connectivity index (χ1) is 9.11. The lowest BCUT2D eigenvalue weighted by molar-refractivity contribution is 0.0505. The van der Waals surface area contributed by atoms with E-state index in [0.29, 0.717) is 5.95 Å². The molecular formula is C11H16F2N4O2. The number of carbonyl (C=O) groups excluding carboxylic acids is 1. The molecule has 0 bridgehead atoms. The van der Waals surface area contributed by atoms with Gasteiger partial charge in [-0.15, -0.1) is 0 Å². The average molecular weight is 274 g/mol. The molecular weight excluding hydrogens is 258 g/mol. The molecule has 1 aromatic rings. The van der Waals surface area contributed by atoms with Gasteiger partial charge in [-0.2, -0.15) is 0 Å². The summed E-state index contributed by atoms with van der Waals surface area (Å²) in [6.07, 6.45) is -0.153. The third-order valence-electron chi connectivity index (χ3n) is 2.87. The van der Waals surface area contributed by atoms with Gasteiger partial charge in [0, 0.05) is 25.8 Å². The van der Waals surface area contributed by atoms with Gasteiger partial charge in [0.05, 0.1) is 13.2 Å². The minimum absolute atomic E-state index is 0.124. The molecule has 2 heterocycles. The zero-order chi connectivity index (χ0) is 13.8. The monoisotopic (exact) mass is 274 g/mol. The van der Waals surface area contributed by atoms with Crippen molar-refractivity contribution in [2.45, 2.75) is 19.4 Å². The number of hydrogen-bond acceptors (Lipinski definition) is 4. The van der Waals surface area contributed by atoms with Gasteiger partial charge < -0.3 is 19.9 Å². The van der Waals surface area contributed by atoms with Gasteiger partial charge in [-0.3, -0.25) is 4.79 Å².